The molecule has 8 heteroatoms. The molecule has 1 aromatic heterocycles. The van der Waals surface area contributed by atoms with Crippen LogP contribution in [0.25, 0.3) is 0 Å². The van der Waals surface area contributed by atoms with Gasteiger partial charge in [0.15, 0.2) is 5.82 Å². The lowest BCUT2D eigenvalue weighted by atomic mass is 9.99. The molecule has 1 saturated carbocycles. The first-order valence-electron chi connectivity index (χ1n) is 7.22. The first-order valence-corrected chi connectivity index (χ1v) is 7.22. The number of carbonyl (C=O) groups excluding carboxylic acids is 1. The summed E-state index contributed by atoms with van der Waals surface area (Å²) in [5, 5.41) is 6.49. The Bertz CT molecular complexity index is 668. The van der Waals surface area contributed by atoms with E-state index in [1.165, 1.54) is 12.1 Å². The Morgan fingerprint density at radius 3 is 2.61 bits per heavy atom. The minimum atomic E-state index is -0.584. The van der Waals surface area contributed by atoms with Gasteiger partial charge in [0.05, 0.1) is 5.54 Å². The second kappa shape index (κ2) is 7.06. The van der Waals surface area contributed by atoms with Crippen LogP contribution in [0.3, 0.4) is 0 Å². The van der Waals surface area contributed by atoms with Gasteiger partial charge in [-0.05, 0) is 30.5 Å². The van der Waals surface area contributed by atoms with E-state index < -0.39 is 11.4 Å². The van der Waals surface area contributed by atoms with Gasteiger partial charge in [-0.1, -0.05) is 30.1 Å². The first kappa shape index (κ1) is 17.4. The van der Waals surface area contributed by atoms with Crippen molar-refractivity contribution in [3.05, 3.63) is 47.4 Å². The Balaban J connectivity index is 0.00000192. The Labute approximate surface area is 139 Å². The zero-order valence-corrected chi connectivity index (χ0v) is 13.2. The number of hydrogen-bond donors (Lipinski definition) is 2. The SMILES string of the molecule is Cl.NC1(c2noc(C(=O)NCc3ccc(F)cc3)n2)CCCC1. The van der Waals surface area contributed by atoms with Gasteiger partial charge in [-0.2, -0.15) is 4.98 Å². The molecule has 1 aromatic carbocycles. The molecular formula is C15H18ClFN4O2. The molecule has 1 aliphatic carbocycles. The van der Waals surface area contributed by atoms with E-state index in [2.05, 4.69) is 15.5 Å². The van der Waals surface area contributed by atoms with Crippen molar-refractivity contribution in [1.29, 1.82) is 0 Å². The molecule has 124 valence electrons. The molecule has 6 nitrogen and oxygen atoms in total. The third-order valence-corrected chi connectivity index (χ3v) is 3.93. The predicted molar refractivity (Wildman–Crippen MR) is 83.4 cm³/mol. The van der Waals surface area contributed by atoms with Crippen molar-refractivity contribution < 1.29 is 13.7 Å². The van der Waals surface area contributed by atoms with Crippen molar-refractivity contribution in [3.8, 4) is 0 Å². The van der Waals surface area contributed by atoms with Crippen molar-refractivity contribution >= 4 is 18.3 Å². The third-order valence-electron chi connectivity index (χ3n) is 3.93. The summed E-state index contributed by atoms with van der Waals surface area (Å²) in [6.07, 6.45) is 3.64. The van der Waals surface area contributed by atoms with Crippen molar-refractivity contribution in [2.45, 2.75) is 37.8 Å². The number of benzene rings is 1. The van der Waals surface area contributed by atoms with E-state index >= 15 is 0 Å². The smallest absolute Gasteiger partial charge is 0.316 e. The van der Waals surface area contributed by atoms with Crippen LogP contribution in [-0.4, -0.2) is 16.0 Å². The van der Waals surface area contributed by atoms with Gasteiger partial charge in [-0.15, -0.1) is 12.4 Å². The van der Waals surface area contributed by atoms with E-state index in [0.29, 0.717) is 5.82 Å². The maximum Gasteiger partial charge on any atom is 0.316 e. The van der Waals surface area contributed by atoms with Crippen molar-refractivity contribution in [2.24, 2.45) is 5.73 Å². The van der Waals surface area contributed by atoms with Crippen molar-refractivity contribution in [2.75, 3.05) is 0 Å². The molecule has 0 aliphatic heterocycles. The maximum absolute atomic E-state index is 12.8. The normalized spacial score (nSPS) is 15.9. The number of carbonyl (C=O) groups is 1. The topological polar surface area (TPSA) is 94.0 Å². The van der Waals surface area contributed by atoms with Gasteiger partial charge in [0.25, 0.3) is 0 Å². The van der Waals surface area contributed by atoms with Crippen LogP contribution in [0.1, 0.15) is 47.8 Å². The molecule has 2 aromatic rings. The summed E-state index contributed by atoms with van der Waals surface area (Å²) in [6.45, 7) is 0.255. The van der Waals surface area contributed by atoms with Gasteiger partial charge < -0.3 is 15.6 Å². The summed E-state index contributed by atoms with van der Waals surface area (Å²) in [5.41, 5.74) is 6.41. The molecular weight excluding hydrogens is 323 g/mol. The molecule has 3 N–H and O–H groups in total. The zero-order chi connectivity index (χ0) is 15.6. The minimum Gasteiger partial charge on any atom is -0.344 e. The maximum atomic E-state index is 12.8. The average Bonchev–Trinajstić information content (AvgIpc) is 3.16. The fraction of sp³-hybridized carbons (Fsp3) is 0.400. The lowest BCUT2D eigenvalue weighted by molar-refractivity contribution is 0.0907. The lowest BCUT2D eigenvalue weighted by Crippen LogP contribution is -2.34. The highest BCUT2D eigenvalue weighted by Gasteiger charge is 2.36. The molecule has 0 bridgehead atoms. The molecule has 1 amide bonds. The molecule has 3 rings (SSSR count). The van der Waals surface area contributed by atoms with Gasteiger partial charge in [-0.25, -0.2) is 4.39 Å². The Hall–Kier alpha value is -1.99. The number of nitrogens with one attached hydrogen (secondary N) is 1. The van der Waals surface area contributed by atoms with Gasteiger partial charge in [0, 0.05) is 6.54 Å². The molecule has 0 radical (unpaired) electrons. The molecule has 1 aliphatic rings. The van der Waals surface area contributed by atoms with Crippen LogP contribution in [-0.2, 0) is 12.1 Å². The van der Waals surface area contributed by atoms with E-state index in [-0.39, 0.29) is 30.7 Å². The summed E-state index contributed by atoms with van der Waals surface area (Å²) in [5.74, 6) is -0.503. The quantitative estimate of drug-likeness (QED) is 0.890. The molecule has 23 heavy (non-hydrogen) atoms. The average molecular weight is 341 g/mol. The summed E-state index contributed by atoms with van der Waals surface area (Å²) in [7, 11) is 0. The predicted octanol–water partition coefficient (Wildman–Crippen LogP) is 2.29. The zero-order valence-electron chi connectivity index (χ0n) is 12.4. The fourth-order valence-electron chi connectivity index (χ4n) is 2.61. The van der Waals surface area contributed by atoms with Crippen molar-refractivity contribution in [3.63, 3.8) is 0 Å². The van der Waals surface area contributed by atoms with E-state index in [9.17, 15) is 9.18 Å². The van der Waals surface area contributed by atoms with Crippen LogP contribution in [0.15, 0.2) is 28.8 Å². The molecule has 1 heterocycles. The third kappa shape index (κ3) is 3.86. The summed E-state index contributed by atoms with van der Waals surface area (Å²) < 4.78 is 17.8. The highest BCUT2D eigenvalue weighted by atomic mass is 35.5. The Morgan fingerprint density at radius 2 is 1.96 bits per heavy atom. The monoisotopic (exact) mass is 340 g/mol. The summed E-state index contributed by atoms with van der Waals surface area (Å²) >= 11 is 0. The number of nitrogens with zero attached hydrogens (tertiary/aromatic N) is 2. The molecule has 0 atom stereocenters. The number of aromatic nitrogens is 2. The largest absolute Gasteiger partial charge is 0.344 e. The number of rotatable bonds is 4. The highest BCUT2D eigenvalue weighted by molar-refractivity contribution is 5.89. The fourth-order valence-corrected chi connectivity index (χ4v) is 2.61. The first-order chi connectivity index (χ1) is 10.6. The number of halogens is 2. The molecule has 1 fully saturated rings. The summed E-state index contributed by atoms with van der Waals surface area (Å²) in [6, 6.07) is 5.87. The Morgan fingerprint density at radius 1 is 1.30 bits per heavy atom. The highest BCUT2D eigenvalue weighted by Crippen LogP contribution is 2.34. The molecule has 0 saturated heterocycles. The Kier molecular flexibility index (Phi) is 5.33. The minimum absolute atomic E-state index is 0. The summed E-state index contributed by atoms with van der Waals surface area (Å²) in [4.78, 5) is 16.1. The van der Waals surface area contributed by atoms with Gasteiger partial charge in [0.1, 0.15) is 5.82 Å². The van der Waals surface area contributed by atoms with Crippen LogP contribution in [0, 0.1) is 5.82 Å². The lowest BCUT2D eigenvalue weighted by Gasteiger charge is -2.17. The molecule has 0 spiro atoms. The van der Waals surface area contributed by atoms with E-state index in [1.54, 1.807) is 12.1 Å². The standard InChI is InChI=1S/C15H17FN4O2.ClH/c16-11-5-3-10(4-6-11)9-18-12(21)13-19-14(20-22-13)15(17)7-1-2-8-15;/h3-6H,1-2,7-9,17H2,(H,18,21);1H. The van der Waals surface area contributed by atoms with Crippen LogP contribution in [0.5, 0.6) is 0 Å². The van der Waals surface area contributed by atoms with Crippen LogP contribution < -0.4 is 11.1 Å². The van der Waals surface area contributed by atoms with Crippen molar-refractivity contribution in [1.82, 2.24) is 15.5 Å². The number of hydrogen-bond acceptors (Lipinski definition) is 5. The second-order valence-electron chi connectivity index (χ2n) is 5.60. The van der Waals surface area contributed by atoms with Crippen LogP contribution in [0.2, 0.25) is 0 Å². The van der Waals surface area contributed by atoms with Gasteiger partial charge in [-0.3, -0.25) is 4.79 Å². The van der Waals surface area contributed by atoms with Gasteiger partial charge >= 0.3 is 11.8 Å². The van der Waals surface area contributed by atoms with E-state index in [4.69, 9.17) is 10.3 Å². The second-order valence-corrected chi connectivity index (χ2v) is 5.60. The van der Waals surface area contributed by atoms with Gasteiger partial charge in [0.2, 0.25) is 0 Å². The van der Waals surface area contributed by atoms with Crippen LogP contribution >= 0.6 is 12.4 Å². The molecule has 0 unspecified atom stereocenters. The van der Waals surface area contributed by atoms with E-state index in [1.807, 2.05) is 0 Å². The van der Waals surface area contributed by atoms with E-state index in [0.717, 1.165) is 31.2 Å². The number of amides is 1. The van der Waals surface area contributed by atoms with Crippen LogP contribution in [0.4, 0.5) is 4.39 Å². The number of nitrogens with two attached hydrogens (primary N) is 1.